The molecule has 0 amide bonds. The Morgan fingerprint density at radius 2 is 2.25 bits per heavy atom. The molecule has 1 unspecified atom stereocenters. The molecule has 0 bridgehead atoms. The zero-order chi connectivity index (χ0) is 11.5. The van der Waals surface area contributed by atoms with E-state index < -0.39 is 0 Å². The highest BCUT2D eigenvalue weighted by Crippen LogP contribution is 2.39. The highest BCUT2D eigenvalue weighted by molar-refractivity contribution is 6.34. The number of hydrogen-bond donors (Lipinski definition) is 1. The van der Waals surface area contributed by atoms with E-state index in [1.165, 1.54) is 19.3 Å². The molecular formula is C12H16Cl2N2. The number of rotatable bonds is 4. The van der Waals surface area contributed by atoms with Gasteiger partial charge in [-0.3, -0.25) is 4.98 Å². The summed E-state index contributed by atoms with van der Waals surface area (Å²) in [7, 11) is 0. The monoisotopic (exact) mass is 258 g/mol. The Morgan fingerprint density at radius 1 is 1.50 bits per heavy atom. The van der Waals surface area contributed by atoms with E-state index in [1.54, 1.807) is 12.3 Å². The molecule has 1 heterocycles. The van der Waals surface area contributed by atoms with E-state index in [9.17, 15) is 0 Å². The molecule has 0 saturated heterocycles. The van der Waals surface area contributed by atoms with Crippen molar-refractivity contribution in [3.05, 3.63) is 28.0 Å². The van der Waals surface area contributed by atoms with Gasteiger partial charge in [-0.05, 0) is 31.4 Å². The van der Waals surface area contributed by atoms with Crippen LogP contribution in [0.3, 0.4) is 0 Å². The molecule has 2 nitrogen and oxygen atoms in total. The number of aromatic nitrogens is 1. The normalized spacial score (nSPS) is 18.2. The van der Waals surface area contributed by atoms with E-state index in [4.69, 9.17) is 23.2 Å². The summed E-state index contributed by atoms with van der Waals surface area (Å²) in [4.78, 5) is 4.37. The van der Waals surface area contributed by atoms with E-state index in [2.05, 4.69) is 17.2 Å². The lowest BCUT2D eigenvalue weighted by Crippen LogP contribution is -2.32. The zero-order valence-corrected chi connectivity index (χ0v) is 10.9. The summed E-state index contributed by atoms with van der Waals surface area (Å²) in [5.74, 6) is 0.672. The molecule has 4 heteroatoms. The molecule has 0 spiro atoms. The van der Waals surface area contributed by atoms with Crippen LogP contribution in [0.2, 0.25) is 10.0 Å². The molecule has 1 fully saturated rings. The summed E-state index contributed by atoms with van der Waals surface area (Å²) >= 11 is 12.1. The van der Waals surface area contributed by atoms with Gasteiger partial charge in [0.05, 0.1) is 21.8 Å². The van der Waals surface area contributed by atoms with Crippen molar-refractivity contribution in [1.29, 1.82) is 0 Å². The molecule has 1 aromatic rings. The van der Waals surface area contributed by atoms with E-state index in [0.717, 1.165) is 12.2 Å². The molecule has 2 rings (SSSR count). The third-order valence-corrected chi connectivity index (χ3v) is 3.69. The summed E-state index contributed by atoms with van der Waals surface area (Å²) in [6.07, 6.45) is 5.51. The van der Waals surface area contributed by atoms with Gasteiger partial charge in [0.15, 0.2) is 0 Å². The second kappa shape index (κ2) is 5.35. The highest BCUT2D eigenvalue weighted by atomic mass is 35.5. The van der Waals surface area contributed by atoms with Gasteiger partial charge in [-0.1, -0.05) is 36.5 Å². The maximum absolute atomic E-state index is 6.20. The lowest BCUT2D eigenvalue weighted by molar-refractivity contribution is 0.230. The average molecular weight is 259 g/mol. The molecule has 1 atom stereocenters. The van der Waals surface area contributed by atoms with Crippen molar-refractivity contribution < 1.29 is 0 Å². The number of nitrogens with one attached hydrogen (secondary N) is 1. The Balaban J connectivity index is 2.23. The Labute approximate surface area is 106 Å². The second-order valence-corrected chi connectivity index (χ2v) is 5.09. The smallest absolute Gasteiger partial charge is 0.0762 e. The average Bonchev–Trinajstić information content (AvgIpc) is 2.14. The third kappa shape index (κ3) is 2.50. The van der Waals surface area contributed by atoms with Crippen LogP contribution in [0, 0.1) is 5.92 Å². The van der Waals surface area contributed by atoms with E-state index in [0.29, 0.717) is 16.0 Å². The van der Waals surface area contributed by atoms with Crippen molar-refractivity contribution in [3.8, 4) is 0 Å². The van der Waals surface area contributed by atoms with E-state index in [-0.39, 0.29) is 6.04 Å². The van der Waals surface area contributed by atoms with Crippen molar-refractivity contribution >= 4 is 23.2 Å². The topological polar surface area (TPSA) is 24.9 Å². The van der Waals surface area contributed by atoms with Crippen LogP contribution in [0.1, 0.15) is 37.9 Å². The summed E-state index contributed by atoms with van der Waals surface area (Å²) in [5.41, 5.74) is 0.942. The quantitative estimate of drug-likeness (QED) is 0.888. The van der Waals surface area contributed by atoms with Crippen LogP contribution in [0.25, 0.3) is 0 Å². The predicted molar refractivity (Wildman–Crippen MR) is 68.0 cm³/mol. The van der Waals surface area contributed by atoms with Gasteiger partial charge in [-0.15, -0.1) is 0 Å². The maximum Gasteiger partial charge on any atom is 0.0762 e. The number of halogens is 2. The molecule has 16 heavy (non-hydrogen) atoms. The Morgan fingerprint density at radius 3 is 2.75 bits per heavy atom. The Kier molecular flexibility index (Phi) is 4.06. The minimum Gasteiger partial charge on any atom is -0.309 e. The molecule has 1 aliphatic rings. The van der Waals surface area contributed by atoms with Crippen molar-refractivity contribution in [1.82, 2.24) is 10.3 Å². The molecular weight excluding hydrogens is 243 g/mol. The van der Waals surface area contributed by atoms with Crippen LogP contribution >= 0.6 is 23.2 Å². The van der Waals surface area contributed by atoms with Gasteiger partial charge in [0.1, 0.15) is 0 Å². The second-order valence-electron chi connectivity index (χ2n) is 4.25. The molecule has 0 aromatic carbocycles. The Bertz CT molecular complexity index is 364. The first-order chi connectivity index (χ1) is 7.72. The van der Waals surface area contributed by atoms with Gasteiger partial charge in [-0.25, -0.2) is 0 Å². The van der Waals surface area contributed by atoms with Crippen molar-refractivity contribution in [2.45, 2.75) is 32.2 Å². The summed E-state index contributed by atoms with van der Waals surface area (Å²) in [6.45, 7) is 3.04. The fourth-order valence-electron chi connectivity index (χ4n) is 2.13. The zero-order valence-electron chi connectivity index (χ0n) is 9.34. The van der Waals surface area contributed by atoms with Crippen LogP contribution in [0.5, 0.6) is 0 Å². The molecule has 1 aliphatic carbocycles. The third-order valence-electron chi connectivity index (χ3n) is 3.18. The molecule has 88 valence electrons. The highest BCUT2D eigenvalue weighted by Gasteiger charge is 2.30. The van der Waals surface area contributed by atoms with Crippen LogP contribution in [0.4, 0.5) is 0 Å². The minimum absolute atomic E-state index is 0.281. The summed E-state index contributed by atoms with van der Waals surface area (Å²) in [6, 6.07) is 2.05. The van der Waals surface area contributed by atoms with Gasteiger partial charge in [0, 0.05) is 6.20 Å². The molecule has 1 N–H and O–H groups in total. The van der Waals surface area contributed by atoms with Crippen molar-refractivity contribution in [3.63, 3.8) is 0 Å². The van der Waals surface area contributed by atoms with Gasteiger partial charge in [0.25, 0.3) is 0 Å². The largest absolute Gasteiger partial charge is 0.309 e. The molecule has 1 aromatic heterocycles. The van der Waals surface area contributed by atoms with Gasteiger partial charge >= 0.3 is 0 Å². The first-order valence-electron chi connectivity index (χ1n) is 5.76. The van der Waals surface area contributed by atoms with Gasteiger partial charge in [0.2, 0.25) is 0 Å². The Hall–Kier alpha value is -0.310. The van der Waals surface area contributed by atoms with Gasteiger partial charge < -0.3 is 5.32 Å². The molecule has 0 aliphatic heterocycles. The number of pyridine rings is 1. The molecule has 1 saturated carbocycles. The molecule has 0 radical (unpaired) electrons. The van der Waals surface area contributed by atoms with Crippen LogP contribution in [-0.2, 0) is 0 Å². The van der Waals surface area contributed by atoms with E-state index in [1.807, 2.05) is 0 Å². The lowest BCUT2D eigenvalue weighted by atomic mass is 9.78. The van der Waals surface area contributed by atoms with Gasteiger partial charge in [-0.2, -0.15) is 0 Å². The number of hydrogen-bond acceptors (Lipinski definition) is 2. The first kappa shape index (κ1) is 12.2. The number of nitrogens with zero attached hydrogens (tertiary/aromatic N) is 1. The van der Waals surface area contributed by atoms with Crippen molar-refractivity contribution in [2.24, 2.45) is 5.92 Å². The van der Waals surface area contributed by atoms with Crippen LogP contribution < -0.4 is 5.32 Å². The first-order valence-corrected chi connectivity index (χ1v) is 6.52. The summed E-state index contributed by atoms with van der Waals surface area (Å²) < 4.78 is 0. The SMILES string of the molecule is CCNC(c1ncc(Cl)cc1Cl)C1CCC1. The standard InChI is InChI=1S/C12H16Cl2N2/c1-2-15-11(8-4-3-5-8)12-10(14)6-9(13)7-16-12/h6-8,11,15H,2-5H2,1H3. The lowest BCUT2D eigenvalue weighted by Gasteiger charge is -2.34. The fraction of sp³-hybridized carbons (Fsp3) is 0.583. The fourth-order valence-corrected chi connectivity index (χ4v) is 2.63. The van der Waals surface area contributed by atoms with Crippen molar-refractivity contribution in [2.75, 3.05) is 6.54 Å². The van der Waals surface area contributed by atoms with E-state index >= 15 is 0 Å². The minimum atomic E-state index is 0.281. The van der Waals surface area contributed by atoms with Crippen LogP contribution in [-0.4, -0.2) is 11.5 Å². The summed E-state index contributed by atoms with van der Waals surface area (Å²) in [5, 5.41) is 4.74. The maximum atomic E-state index is 6.20. The predicted octanol–water partition coefficient (Wildman–Crippen LogP) is 3.84. The van der Waals surface area contributed by atoms with Crippen LogP contribution in [0.15, 0.2) is 12.3 Å².